The SMILES string of the molecule is Cc1c([N+](=O)[O-])cccc1S(=O)(=O)Nc1ccon1. The molecule has 0 spiro atoms. The van der Waals surface area contributed by atoms with Gasteiger partial charge in [0, 0.05) is 17.7 Å². The number of nitrogens with zero attached hydrogens (tertiary/aromatic N) is 2. The minimum Gasteiger partial charge on any atom is -0.363 e. The van der Waals surface area contributed by atoms with Crippen molar-refractivity contribution in [2.24, 2.45) is 0 Å². The Morgan fingerprint density at radius 2 is 2.11 bits per heavy atom. The molecular formula is C10H9N3O5S. The van der Waals surface area contributed by atoms with Crippen molar-refractivity contribution in [3.8, 4) is 0 Å². The lowest BCUT2D eigenvalue weighted by Crippen LogP contribution is -2.15. The van der Waals surface area contributed by atoms with Crippen LogP contribution in [0.5, 0.6) is 0 Å². The first kappa shape index (κ1) is 13.0. The Hall–Kier alpha value is -2.42. The minimum atomic E-state index is -3.95. The molecule has 2 aromatic rings. The van der Waals surface area contributed by atoms with Crippen LogP contribution in [0.3, 0.4) is 0 Å². The molecule has 0 aliphatic carbocycles. The van der Waals surface area contributed by atoms with Gasteiger partial charge in [0.25, 0.3) is 15.7 Å². The van der Waals surface area contributed by atoms with Gasteiger partial charge in [-0.25, -0.2) is 8.42 Å². The van der Waals surface area contributed by atoms with Crippen LogP contribution in [0.25, 0.3) is 0 Å². The van der Waals surface area contributed by atoms with E-state index in [4.69, 9.17) is 0 Å². The lowest BCUT2D eigenvalue weighted by Gasteiger charge is -2.07. The zero-order valence-electron chi connectivity index (χ0n) is 9.73. The molecule has 0 bridgehead atoms. The summed E-state index contributed by atoms with van der Waals surface area (Å²) in [6.07, 6.45) is 1.21. The van der Waals surface area contributed by atoms with E-state index < -0.39 is 14.9 Å². The molecule has 0 atom stereocenters. The van der Waals surface area contributed by atoms with Crippen molar-refractivity contribution >= 4 is 21.5 Å². The van der Waals surface area contributed by atoms with E-state index in [9.17, 15) is 18.5 Å². The van der Waals surface area contributed by atoms with E-state index in [0.717, 1.165) is 0 Å². The number of benzene rings is 1. The maximum atomic E-state index is 12.1. The Labute approximate surface area is 108 Å². The third-order valence-corrected chi connectivity index (χ3v) is 3.92. The summed E-state index contributed by atoms with van der Waals surface area (Å²) in [5.74, 6) is 0.00547. The van der Waals surface area contributed by atoms with E-state index in [1.165, 1.54) is 37.5 Å². The molecule has 0 saturated carbocycles. The maximum Gasteiger partial charge on any atom is 0.273 e. The highest BCUT2D eigenvalue weighted by Crippen LogP contribution is 2.25. The van der Waals surface area contributed by atoms with Gasteiger partial charge < -0.3 is 4.52 Å². The summed E-state index contributed by atoms with van der Waals surface area (Å²) in [5.41, 5.74) is -0.202. The fourth-order valence-corrected chi connectivity index (χ4v) is 2.81. The molecule has 1 N–H and O–H groups in total. The highest BCUT2D eigenvalue weighted by molar-refractivity contribution is 7.92. The highest BCUT2D eigenvalue weighted by atomic mass is 32.2. The van der Waals surface area contributed by atoms with Gasteiger partial charge in [-0.3, -0.25) is 14.8 Å². The standard InChI is InChI=1S/C10H9N3O5S/c1-7-8(13(14)15)3-2-4-9(7)19(16,17)12-10-5-6-18-11-10/h2-6H,1H3,(H,11,12). The molecule has 0 aliphatic heterocycles. The topological polar surface area (TPSA) is 115 Å². The third-order valence-electron chi connectivity index (χ3n) is 2.42. The molecule has 0 radical (unpaired) electrons. The smallest absolute Gasteiger partial charge is 0.273 e. The summed E-state index contributed by atoms with van der Waals surface area (Å²) in [6.45, 7) is 1.37. The molecule has 100 valence electrons. The van der Waals surface area contributed by atoms with Crippen molar-refractivity contribution in [1.29, 1.82) is 0 Å². The summed E-state index contributed by atoms with van der Waals surface area (Å²) in [6, 6.07) is 5.15. The van der Waals surface area contributed by atoms with E-state index in [0.29, 0.717) is 0 Å². The number of rotatable bonds is 4. The monoisotopic (exact) mass is 283 g/mol. The normalized spacial score (nSPS) is 11.2. The second kappa shape index (κ2) is 4.69. The summed E-state index contributed by atoms with van der Waals surface area (Å²) in [7, 11) is -3.95. The van der Waals surface area contributed by atoms with E-state index in [2.05, 4.69) is 14.4 Å². The van der Waals surface area contributed by atoms with Gasteiger partial charge in [0.2, 0.25) is 0 Å². The van der Waals surface area contributed by atoms with E-state index in [1.54, 1.807) is 0 Å². The van der Waals surface area contributed by atoms with Gasteiger partial charge in [0.1, 0.15) is 6.26 Å². The van der Waals surface area contributed by atoms with Crippen LogP contribution in [-0.2, 0) is 10.0 Å². The molecule has 19 heavy (non-hydrogen) atoms. The number of nitro groups is 1. The summed E-state index contributed by atoms with van der Waals surface area (Å²) in [5, 5.41) is 14.2. The van der Waals surface area contributed by atoms with Crippen molar-refractivity contribution in [3.63, 3.8) is 0 Å². The van der Waals surface area contributed by atoms with Gasteiger partial charge in [0.15, 0.2) is 5.82 Å². The lowest BCUT2D eigenvalue weighted by atomic mass is 10.2. The van der Waals surface area contributed by atoms with Crippen molar-refractivity contribution in [1.82, 2.24) is 5.16 Å². The number of nitro benzene ring substituents is 1. The minimum absolute atomic E-state index is 0.00547. The molecule has 8 nitrogen and oxygen atoms in total. The van der Waals surface area contributed by atoms with Gasteiger partial charge in [-0.1, -0.05) is 11.2 Å². The average Bonchev–Trinajstić information content (AvgIpc) is 2.80. The van der Waals surface area contributed by atoms with E-state index in [-0.39, 0.29) is 22.0 Å². The quantitative estimate of drug-likeness (QED) is 0.674. The molecule has 1 heterocycles. The summed E-state index contributed by atoms with van der Waals surface area (Å²) < 4.78 is 30.8. The first-order chi connectivity index (χ1) is 8.92. The zero-order chi connectivity index (χ0) is 14.0. The lowest BCUT2D eigenvalue weighted by molar-refractivity contribution is -0.385. The van der Waals surface area contributed by atoms with Crippen LogP contribution in [0.2, 0.25) is 0 Å². The maximum absolute atomic E-state index is 12.1. The first-order valence-electron chi connectivity index (χ1n) is 5.09. The Balaban J connectivity index is 2.47. The molecule has 1 aromatic heterocycles. The Bertz CT molecular complexity index is 709. The Morgan fingerprint density at radius 3 is 2.68 bits per heavy atom. The van der Waals surface area contributed by atoms with Crippen molar-refractivity contribution in [2.75, 3.05) is 4.72 Å². The van der Waals surface area contributed by atoms with Gasteiger partial charge in [-0.2, -0.15) is 0 Å². The largest absolute Gasteiger partial charge is 0.363 e. The van der Waals surface area contributed by atoms with E-state index in [1.807, 2.05) is 0 Å². The third kappa shape index (κ3) is 2.55. The molecular weight excluding hydrogens is 274 g/mol. The van der Waals surface area contributed by atoms with Crippen LogP contribution in [0, 0.1) is 17.0 Å². The van der Waals surface area contributed by atoms with Gasteiger partial charge in [-0.15, -0.1) is 0 Å². The van der Waals surface area contributed by atoms with Crippen LogP contribution in [0.4, 0.5) is 11.5 Å². The Kier molecular flexibility index (Phi) is 3.21. The molecule has 2 rings (SSSR count). The van der Waals surface area contributed by atoms with Crippen molar-refractivity contribution < 1.29 is 17.9 Å². The number of aromatic nitrogens is 1. The summed E-state index contributed by atoms with van der Waals surface area (Å²) >= 11 is 0. The molecule has 9 heteroatoms. The first-order valence-corrected chi connectivity index (χ1v) is 6.57. The number of sulfonamides is 1. The van der Waals surface area contributed by atoms with Gasteiger partial charge in [0.05, 0.1) is 9.82 Å². The Morgan fingerprint density at radius 1 is 1.37 bits per heavy atom. The second-order valence-electron chi connectivity index (χ2n) is 3.65. The predicted molar refractivity (Wildman–Crippen MR) is 65.1 cm³/mol. The number of nitrogens with one attached hydrogen (secondary N) is 1. The molecule has 0 fully saturated rings. The molecule has 0 saturated heterocycles. The number of hydrogen-bond acceptors (Lipinski definition) is 6. The van der Waals surface area contributed by atoms with E-state index >= 15 is 0 Å². The van der Waals surface area contributed by atoms with Crippen LogP contribution >= 0.6 is 0 Å². The molecule has 1 aromatic carbocycles. The zero-order valence-corrected chi connectivity index (χ0v) is 10.5. The fourth-order valence-electron chi connectivity index (χ4n) is 1.55. The average molecular weight is 283 g/mol. The second-order valence-corrected chi connectivity index (χ2v) is 5.30. The summed E-state index contributed by atoms with van der Waals surface area (Å²) in [4.78, 5) is 9.97. The highest BCUT2D eigenvalue weighted by Gasteiger charge is 2.23. The van der Waals surface area contributed by atoms with Crippen LogP contribution < -0.4 is 4.72 Å². The number of anilines is 1. The van der Waals surface area contributed by atoms with Gasteiger partial charge >= 0.3 is 0 Å². The molecule has 0 aliphatic rings. The van der Waals surface area contributed by atoms with Crippen molar-refractivity contribution in [3.05, 3.63) is 46.2 Å². The number of hydrogen-bond donors (Lipinski definition) is 1. The van der Waals surface area contributed by atoms with Crippen molar-refractivity contribution in [2.45, 2.75) is 11.8 Å². The molecule has 0 unspecified atom stereocenters. The molecule has 0 amide bonds. The van der Waals surface area contributed by atoms with Crippen LogP contribution in [0.1, 0.15) is 5.56 Å². The van der Waals surface area contributed by atoms with Crippen LogP contribution in [0.15, 0.2) is 39.9 Å². The fraction of sp³-hybridized carbons (Fsp3) is 0.100. The van der Waals surface area contributed by atoms with Gasteiger partial charge in [-0.05, 0) is 13.0 Å². The predicted octanol–water partition coefficient (Wildman–Crippen LogP) is 1.69. The van der Waals surface area contributed by atoms with Crippen LogP contribution in [-0.4, -0.2) is 18.5 Å².